The molecule has 0 aliphatic rings. The van der Waals surface area contributed by atoms with Crippen molar-refractivity contribution in [2.24, 2.45) is 0 Å². The number of hydrogen-bond donors (Lipinski definition) is 3. The Morgan fingerprint density at radius 2 is 2.00 bits per heavy atom. The minimum Gasteiger partial charge on any atom is -0.394 e. The monoisotopic (exact) mass is 248 g/mol. The number of aliphatic hydroxyl groups is 3. The third-order valence-corrected chi connectivity index (χ3v) is 2.86. The average molecular weight is 248 g/mol. The second kappa shape index (κ2) is 5.30. The van der Waals surface area contributed by atoms with Gasteiger partial charge in [-0.25, -0.2) is 4.68 Å². The molecule has 0 bridgehead atoms. The van der Waals surface area contributed by atoms with E-state index in [1.165, 1.54) is 6.20 Å². The van der Waals surface area contributed by atoms with Crippen molar-refractivity contribution in [3.8, 4) is 5.69 Å². The van der Waals surface area contributed by atoms with E-state index in [1.807, 2.05) is 31.2 Å². The van der Waals surface area contributed by atoms with Crippen LogP contribution in [0.1, 0.15) is 17.2 Å². The molecule has 5 heteroatoms. The first-order chi connectivity index (χ1) is 8.63. The van der Waals surface area contributed by atoms with Crippen LogP contribution in [-0.4, -0.2) is 37.8 Å². The molecule has 18 heavy (non-hydrogen) atoms. The van der Waals surface area contributed by atoms with Crippen molar-refractivity contribution < 1.29 is 15.3 Å². The first kappa shape index (κ1) is 12.8. The van der Waals surface area contributed by atoms with Gasteiger partial charge in [0.15, 0.2) is 0 Å². The average Bonchev–Trinajstić information content (AvgIpc) is 2.87. The maximum atomic E-state index is 9.76. The highest BCUT2D eigenvalue weighted by Gasteiger charge is 2.19. The number of nitrogens with zero attached hydrogens (tertiary/aromatic N) is 2. The zero-order valence-electron chi connectivity index (χ0n) is 10.1. The molecular formula is C13H16N2O3. The summed E-state index contributed by atoms with van der Waals surface area (Å²) in [6.07, 6.45) is 0.800. The molecule has 0 aliphatic carbocycles. The lowest BCUT2D eigenvalue weighted by atomic mass is 10.1. The Balaban J connectivity index is 2.29. The summed E-state index contributed by atoms with van der Waals surface area (Å²) in [6, 6.07) is 7.73. The lowest BCUT2D eigenvalue weighted by molar-refractivity contribution is -0.0152. The highest BCUT2D eigenvalue weighted by Crippen LogP contribution is 2.19. The van der Waals surface area contributed by atoms with Crippen LogP contribution in [0.25, 0.3) is 5.69 Å². The molecule has 1 aromatic heterocycles. The van der Waals surface area contributed by atoms with Crippen molar-refractivity contribution in [1.82, 2.24) is 9.78 Å². The second-order valence-corrected chi connectivity index (χ2v) is 4.20. The number of benzene rings is 1. The quantitative estimate of drug-likeness (QED) is 0.739. The molecule has 2 aromatic rings. The Hall–Kier alpha value is -1.69. The third-order valence-electron chi connectivity index (χ3n) is 2.86. The molecule has 0 saturated heterocycles. The summed E-state index contributed by atoms with van der Waals surface area (Å²) in [4.78, 5) is 0. The zero-order chi connectivity index (χ0) is 13.1. The van der Waals surface area contributed by atoms with E-state index in [1.54, 1.807) is 10.9 Å². The molecule has 3 N–H and O–H groups in total. The maximum absolute atomic E-state index is 9.76. The Morgan fingerprint density at radius 1 is 1.28 bits per heavy atom. The van der Waals surface area contributed by atoms with Crippen LogP contribution in [0, 0.1) is 6.92 Å². The Bertz CT molecular complexity index is 524. The second-order valence-electron chi connectivity index (χ2n) is 4.20. The largest absolute Gasteiger partial charge is 0.394 e. The van der Waals surface area contributed by atoms with Crippen LogP contribution in [0.3, 0.4) is 0 Å². The topological polar surface area (TPSA) is 78.5 Å². The van der Waals surface area contributed by atoms with E-state index >= 15 is 0 Å². The minimum atomic E-state index is -1.19. The molecule has 0 saturated carbocycles. The Labute approximate surface area is 105 Å². The SMILES string of the molecule is Cc1ccccc1-n1cc(C(O)C(O)CO)cn1. The fraction of sp³-hybridized carbons (Fsp3) is 0.308. The summed E-state index contributed by atoms with van der Waals surface area (Å²) in [6.45, 7) is 1.48. The van der Waals surface area contributed by atoms with Crippen molar-refractivity contribution in [2.75, 3.05) is 6.61 Å². The molecule has 5 nitrogen and oxygen atoms in total. The third kappa shape index (κ3) is 2.43. The van der Waals surface area contributed by atoms with Gasteiger partial charge in [0.2, 0.25) is 0 Å². The van der Waals surface area contributed by atoms with Gasteiger partial charge in [-0.15, -0.1) is 0 Å². The first-order valence-electron chi connectivity index (χ1n) is 5.71. The Kier molecular flexibility index (Phi) is 3.76. The van der Waals surface area contributed by atoms with Gasteiger partial charge in [-0.3, -0.25) is 0 Å². The lowest BCUT2D eigenvalue weighted by Crippen LogP contribution is -2.21. The van der Waals surface area contributed by atoms with Crippen molar-refractivity contribution in [1.29, 1.82) is 0 Å². The van der Waals surface area contributed by atoms with Crippen LogP contribution in [0.2, 0.25) is 0 Å². The minimum absolute atomic E-state index is 0.472. The summed E-state index contributed by atoms with van der Waals surface area (Å²) >= 11 is 0. The predicted molar refractivity (Wildman–Crippen MR) is 66.4 cm³/mol. The van der Waals surface area contributed by atoms with E-state index < -0.39 is 18.8 Å². The van der Waals surface area contributed by atoms with Crippen LogP contribution >= 0.6 is 0 Å². The van der Waals surface area contributed by atoms with Crippen LogP contribution < -0.4 is 0 Å². The van der Waals surface area contributed by atoms with Crippen molar-refractivity contribution in [2.45, 2.75) is 19.1 Å². The fourth-order valence-corrected chi connectivity index (χ4v) is 1.76. The molecule has 0 fully saturated rings. The molecule has 2 rings (SSSR count). The van der Waals surface area contributed by atoms with E-state index in [0.29, 0.717) is 5.56 Å². The number of aryl methyl sites for hydroxylation is 1. The van der Waals surface area contributed by atoms with Gasteiger partial charge < -0.3 is 15.3 Å². The van der Waals surface area contributed by atoms with Crippen LogP contribution in [0.5, 0.6) is 0 Å². The molecular weight excluding hydrogens is 232 g/mol. The lowest BCUT2D eigenvalue weighted by Gasteiger charge is -2.13. The van der Waals surface area contributed by atoms with Gasteiger partial charge in [0.05, 0.1) is 18.5 Å². The van der Waals surface area contributed by atoms with Crippen molar-refractivity contribution in [3.63, 3.8) is 0 Å². The summed E-state index contributed by atoms with van der Waals surface area (Å²) < 4.78 is 1.64. The number of para-hydroxylation sites is 1. The zero-order valence-corrected chi connectivity index (χ0v) is 10.1. The van der Waals surface area contributed by atoms with E-state index in [-0.39, 0.29) is 0 Å². The van der Waals surface area contributed by atoms with Gasteiger partial charge >= 0.3 is 0 Å². The molecule has 0 spiro atoms. The highest BCUT2D eigenvalue weighted by molar-refractivity contribution is 5.39. The molecule has 0 aliphatic heterocycles. The molecule has 1 aromatic carbocycles. The van der Waals surface area contributed by atoms with Gasteiger partial charge in [-0.2, -0.15) is 5.10 Å². The Morgan fingerprint density at radius 3 is 2.67 bits per heavy atom. The smallest absolute Gasteiger partial charge is 0.110 e. The normalized spacial score (nSPS) is 14.4. The molecule has 0 amide bonds. The highest BCUT2D eigenvalue weighted by atomic mass is 16.4. The first-order valence-corrected chi connectivity index (χ1v) is 5.71. The summed E-state index contributed by atoms with van der Waals surface area (Å²) in [5.41, 5.74) is 2.44. The summed E-state index contributed by atoms with van der Waals surface area (Å²) in [5, 5.41) is 32.1. The number of aliphatic hydroxyl groups excluding tert-OH is 3. The van der Waals surface area contributed by atoms with E-state index in [2.05, 4.69) is 5.10 Å². The predicted octanol–water partition coefficient (Wildman–Crippen LogP) is 0.567. The molecule has 0 radical (unpaired) electrons. The van der Waals surface area contributed by atoms with E-state index in [4.69, 9.17) is 5.11 Å². The van der Waals surface area contributed by atoms with Crippen LogP contribution in [-0.2, 0) is 0 Å². The van der Waals surface area contributed by atoms with Gasteiger partial charge in [0.25, 0.3) is 0 Å². The maximum Gasteiger partial charge on any atom is 0.110 e. The van der Waals surface area contributed by atoms with Crippen LogP contribution in [0.4, 0.5) is 0 Å². The summed E-state index contributed by atoms with van der Waals surface area (Å²) in [5.74, 6) is 0. The van der Waals surface area contributed by atoms with Crippen LogP contribution in [0.15, 0.2) is 36.7 Å². The molecule has 2 unspecified atom stereocenters. The molecule has 2 atom stereocenters. The van der Waals surface area contributed by atoms with E-state index in [9.17, 15) is 10.2 Å². The van der Waals surface area contributed by atoms with Gasteiger partial charge in [0, 0.05) is 11.8 Å². The number of hydrogen-bond acceptors (Lipinski definition) is 4. The fourth-order valence-electron chi connectivity index (χ4n) is 1.76. The van der Waals surface area contributed by atoms with Gasteiger partial charge in [-0.05, 0) is 18.6 Å². The molecule has 96 valence electrons. The molecule has 1 heterocycles. The van der Waals surface area contributed by atoms with Gasteiger partial charge in [0.1, 0.15) is 12.2 Å². The van der Waals surface area contributed by atoms with Crippen molar-refractivity contribution >= 4 is 0 Å². The van der Waals surface area contributed by atoms with Gasteiger partial charge in [-0.1, -0.05) is 18.2 Å². The number of aromatic nitrogens is 2. The number of rotatable bonds is 4. The van der Waals surface area contributed by atoms with E-state index in [0.717, 1.165) is 11.3 Å². The van der Waals surface area contributed by atoms with Crippen molar-refractivity contribution in [3.05, 3.63) is 47.8 Å². The summed E-state index contributed by atoms with van der Waals surface area (Å²) in [7, 11) is 0. The standard InChI is InChI=1S/C13H16N2O3/c1-9-4-2-3-5-11(9)15-7-10(6-14-15)13(18)12(17)8-16/h2-7,12-13,16-18H,8H2,1H3.